The molecule has 0 bridgehead atoms. The van der Waals surface area contributed by atoms with E-state index in [9.17, 15) is 14.7 Å². The number of hydrogen-bond donors (Lipinski definition) is 3. The lowest BCUT2D eigenvalue weighted by molar-refractivity contribution is -0.142. The van der Waals surface area contributed by atoms with E-state index in [2.05, 4.69) is 10.6 Å². The van der Waals surface area contributed by atoms with Crippen LogP contribution in [0.5, 0.6) is 0 Å². The predicted molar refractivity (Wildman–Crippen MR) is 75.2 cm³/mol. The Hall–Kier alpha value is -1.88. The molecule has 2 atom stereocenters. The van der Waals surface area contributed by atoms with Crippen LogP contribution in [0.25, 0.3) is 0 Å². The molecule has 0 spiro atoms. The van der Waals surface area contributed by atoms with Crippen molar-refractivity contribution < 1.29 is 14.7 Å². The number of amides is 1. The summed E-state index contributed by atoms with van der Waals surface area (Å²) in [6.45, 7) is 1.96. The zero-order chi connectivity index (χ0) is 14.4. The molecule has 1 unspecified atom stereocenters. The highest BCUT2D eigenvalue weighted by Gasteiger charge is 2.22. The van der Waals surface area contributed by atoms with E-state index < -0.39 is 12.0 Å². The molecule has 1 aromatic carbocycles. The molecule has 1 amide bonds. The second kappa shape index (κ2) is 7.05. The van der Waals surface area contributed by atoms with Crippen LogP contribution in [0, 0.1) is 5.92 Å². The summed E-state index contributed by atoms with van der Waals surface area (Å²) in [6, 6.07) is 7.80. The number of carboxylic acid groups (broad SMARTS) is 1. The minimum atomic E-state index is -1.04. The van der Waals surface area contributed by atoms with Crippen LogP contribution in [-0.2, 0) is 9.59 Å². The summed E-state index contributed by atoms with van der Waals surface area (Å²) in [5, 5.41) is 15.1. The number of aliphatic carboxylic acids is 1. The molecule has 5 nitrogen and oxygen atoms in total. The Bertz CT molecular complexity index is 455. The first kappa shape index (κ1) is 14.5. The second-order valence-corrected chi connectivity index (χ2v) is 5.15. The highest BCUT2D eigenvalue weighted by Crippen LogP contribution is 2.16. The summed E-state index contributed by atoms with van der Waals surface area (Å²) in [5.41, 5.74) is 0.593. The molecule has 1 aromatic rings. The minimum Gasteiger partial charge on any atom is -0.479 e. The molecule has 2 rings (SSSR count). The molecular formula is C15H20N2O3. The van der Waals surface area contributed by atoms with Crippen molar-refractivity contribution in [2.75, 3.05) is 13.1 Å². The summed E-state index contributed by atoms with van der Waals surface area (Å²) in [5.74, 6) is -0.707. The lowest BCUT2D eigenvalue weighted by Gasteiger charge is -2.15. The third-order valence-corrected chi connectivity index (χ3v) is 3.63. The molecule has 0 aliphatic carbocycles. The average Bonchev–Trinajstić information content (AvgIpc) is 2.96. The minimum absolute atomic E-state index is 0.201. The summed E-state index contributed by atoms with van der Waals surface area (Å²) >= 11 is 0. The lowest BCUT2D eigenvalue weighted by Crippen LogP contribution is -2.33. The molecule has 1 saturated heterocycles. The largest absolute Gasteiger partial charge is 0.479 e. The van der Waals surface area contributed by atoms with Crippen molar-refractivity contribution in [3.8, 4) is 0 Å². The second-order valence-electron chi connectivity index (χ2n) is 5.15. The zero-order valence-electron chi connectivity index (χ0n) is 11.3. The Morgan fingerprint density at radius 1 is 1.35 bits per heavy atom. The Labute approximate surface area is 118 Å². The van der Waals surface area contributed by atoms with E-state index in [1.165, 1.54) is 0 Å². The number of carboxylic acids is 1. The van der Waals surface area contributed by atoms with Gasteiger partial charge in [0, 0.05) is 6.42 Å². The number of benzene rings is 1. The first-order chi connectivity index (χ1) is 9.66. The zero-order valence-corrected chi connectivity index (χ0v) is 11.3. The van der Waals surface area contributed by atoms with Crippen molar-refractivity contribution in [1.82, 2.24) is 10.6 Å². The number of carbonyl (C=O) groups excluding carboxylic acids is 1. The van der Waals surface area contributed by atoms with Crippen LogP contribution in [0.3, 0.4) is 0 Å². The Balaban J connectivity index is 1.87. The van der Waals surface area contributed by atoms with Crippen LogP contribution in [0.1, 0.15) is 30.9 Å². The molecule has 1 heterocycles. The van der Waals surface area contributed by atoms with E-state index in [0.717, 1.165) is 25.9 Å². The van der Waals surface area contributed by atoms with E-state index in [1.807, 2.05) is 6.07 Å². The van der Waals surface area contributed by atoms with Crippen LogP contribution in [-0.4, -0.2) is 30.1 Å². The highest BCUT2D eigenvalue weighted by atomic mass is 16.4. The third-order valence-electron chi connectivity index (χ3n) is 3.63. The van der Waals surface area contributed by atoms with Crippen LogP contribution in [0.2, 0.25) is 0 Å². The maximum atomic E-state index is 11.9. The lowest BCUT2D eigenvalue weighted by atomic mass is 10.0. The fourth-order valence-corrected chi connectivity index (χ4v) is 2.46. The molecule has 1 aliphatic heterocycles. The van der Waals surface area contributed by atoms with Gasteiger partial charge in [0.05, 0.1) is 0 Å². The summed E-state index contributed by atoms with van der Waals surface area (Å²) in [6.07, 6.45) is 2.28. The van der Waals surface area contributed by atoms with Gasteiger partial charge in [0.15, 0.2) is 6.04 Å². The van der Waals surface area contributed by atoms with Gasteiger partial charge in [0.1, 0.15) is 0 Å². The van der Waals surface area contributed by atoms with Gasteiger partial charge in [-0.2, -0.15) is 0 Å². The molecule has 20 heavy (non-hydrogen) atoms. The van der Waals surface area contributed by atoms with Gasteiger partial charge in [-0.3, -0.25) is 4.79 Å². The Kier molecular flexibility index (Phi) is 5.12. The van der Waals surface area contributed by atoms with Gasteiger partial charge in [-0.25, -0.2) is 4.79 Å². The average molecular weight is 276 g/mol. The first-order valence-electron chi connectivity index (χ1n) is 6.94. The first-order valence-corrected chi connectivity index (χ1v) is 6.94. The molecule has 3 N–H and O–H groups in total. The fraction of sp³-hybridized carbons (Fsp3) is 0.467. The number of hydrogen-bond acceptors (Lipinski definition) is 3. The molecule has 0 saturated carbocycles. The van der Waals surface area contributed by atoms with E-state index in [0.29, 0.717) is 17.9 Å². The summed E-state index contributed by atoms with van der Waals surface area (Å²) in [4.78, 5) is 23.2. The van der Waals surface area contributed by atoms with E-state index in [1.54, 1.807) is 24.3 Å². The van der Waals surface area contributed by atoms with Gasteiger partial charge in [-0.1, -0.05) is 30.3 Å². The van der Waals surface area contributed by atoms with E-state index in [-0.39, 0.29) is 5.91 Å². The molecule has 1 fully saturated rings. The van der Waals surface area contributed by atoms with Gasteiger partial charge >= 0.3 is 5.97 Å². The van der Waals surface area contributed by atoms with Crippen molar-refractivity contribution >= 4 is 11.9 Å². The van der Waals surface area contributed by atoms with Gasteiger partial charge in [0.25, 0.3) is 0 Å². The number of carbonyl (C=O) groups is 2. The molecule has 0 radical (unpaired) electrons. The normalized spacial score (nSPS) is 19.5. The topological polar surface area (TPSA) is 78.4 Å². The van der Waals surface area contributed by atoms with Crippen molar-refractivity contribution in [2.45, 2.75) is 25.3 Å². The molecule has 108 valence electrons. The maximum Gasteiger partial charge on any atom is 0.330 e. The van der Waals surface area contributed by atoms with Crippen molar-refractivity contribution in [2.24, 2.45) is 5.92 Å². The monoisotopic (exact) mass is 276 g/mol. The van der Waals surface area contributed by atoms with Gasteiger partial charge < -0.3 is 15.7 Å². The quantitative estimate of drug-likeness (QED) is 0.732. The number of nitrogens with one attached hydrogen (secondary N) is 2. The highest BCUT2D eigenvalue weighted by molar-refractivity contribution is 5.84. The Morgan fingerprint density at radius 3 is 2.70 bits per heavy atom. The van der Waals surface area contributed by atoms with E-state index >= 15 is 0 Å². The summed E-state index contributed by atoms with van der Waals surface area (Å²) < 4.78 is 0. The van der Waals surface area contributed by atoms with Crippen LogP contribution in [0.4, 0.5) is 0 Å². The molecule has 0 aromatic heterocycles. The predicted octanol–water partition coefficient (Wildman–Crippen LogP) is 1.32. The fourth-order valence-electron chi connectivity index (χ4n) is 2.46. The van der Waals surface area contributed by atoms with Crippen LogP contribution >= 0.6 is 0 Å². The van der Waals surface area contributed by atoms with Gasteiger partial charge in [-0.05, 0) is 37.4 Å². The van der Waals surface area contributed by atoms with Crippen molar-refractivity contribution in [1.29, 1.82) is 0 Å². The van der Waals surface area contributed by atoms with Crippen LogP contribution in [0.15, 0.2) is 30.3 Å². The SMILES string of the molecule is O=C(CCC1CCNC1)N[C@@H](C(=O)O)c1ccccc1. The Morgan fingerprint density at radius 2 is 2.10 bits per heavy atom. The maximum absolute atomic E-state index is 11.9. The molecule has 1 aliphatic rings. The smallest absolute Gasteiger partial charge is 0.330 e. The third kappa shape index (κ3) is 4.06. The van der Waals surface area contributed by atoms with E-state index in [4.69, 9.17) is 0 Å². The number of rotatable bonds is 6. The molecule has 5 heteroatoms. The van der Waals surface area contributed by atoms with Crippen LogP contribution < -0.4 is 10.6 Å². The van der Waals surface area contributed by atoms with Gasteiger partial charge in [0.2, 0.25) is 5.91 Å². The standard InChI is InChI=1S/C15H20N2O3/c18-13(7-6-11-8-9-16-10-11)17-14(15(19)20)12-4-2-1-3-5-12/h1-5,11,14,16H,6-10H2,(H,17,18)(H,19,20)/t11?,14-/m1/s1. The van der Waals surface area contributed by atoms with Crippen molar-refractivity contribution in [3.05, 3.63) is 35.9 Å². The van der Waals surface area contributed by atoms with Crippen molar-refractivity contribution in [3.63, 3.8) is 0 Å². The van der Waals surface area contributed by atoms with Gasteiger partial charge in [-0.15, -0.1) is 0 Å². The summed E-state index contributed by atoms with van der Waals surface area (Å²) in [7, 11) is 0. The molecular weight excluding hydrogens is 256 g/mol.